The number of carbonyl (C=O) groups excluding carboxylic acids is 1. The maximum Gasteiger partial charge on any atom is 0.154 e. The highest BCUT2D eigenvalue weighted by Crippen LogP contribution is 2.19. The number of halogens is 2. The summed E-state index contributed by atoms with van der Waals surface area (Å²) in [6.07, 6.45) is 0.902. The molecule has 0 bridgehead atoms. The maximum atomic E-state index is 13.4. The molecule has 0 fully saturated rings. The molecule has 2 aromatic rings. The number of rotatable bonds is 3. The molecule has 0 radical (unpaired) electrons. The molecule has 21 heavy (non-hydrogen) atoms. The fourth-order valence-electron chi connectivity index (χ4n) is 2.66. The monoisotopic (exact) mass is 303 g/mol. The van der Waals surface area contributed by atoms with Crippen molar-refractivity contribution in [1.29, 1.82) is 0 Å². The van der Waals surface area contributed by atoms with Gasteiger partial charge >= 0.3 is 0 Å². The standard InChI is InChI=1S/C17H15ClFNO/c18-14-6-5-11(7-15(14)19)8-17(21)16-9-12-3-1-2-4-13(12)10-20-16/h1-7,16,20H,8-10H2. The molecular formula is C17H15ClFNO. The average Bonchev–Trinajstić information content (AvgIpc) is 2.50. The Morgan fingerprint density at radius 3 is 2.76 bits per heavy atom. The first-order chi connectivity index (χ1) is 10.1. The highest BCUT2D eigenvalue weighted by Gasteiger charge is 2.23. The van der Waals surface area contributed by atoms with Crippen LogP contribution >= 0.6 is 11.6 Å². The van der Waals surface area contributed by atoms with E-state index in [4.69, 9.17) is 11.6 Å². The number of hydrogen-bond acceptors (Lipinski definition) is 2. The molecule has 1 atom stereocenters. The molecule has 108 valence electrons. The molecule has 1 heterocycles. The summed E-state index contributed by atoms with van der Waals surface area (Å²) in [4.78, 5) is 12.4. The number of benzene rings is 2. The van der Waals surface area contributed by atoms with Gasteiger partial charge in [-0.15, -0.1) is 0 Å². The first kappa shape index (κ1) is 14.2. The van der Waals surface area contributed by atoms with E-state index in [-0.39, 0.29) is 23.3 Å². The van der Waals surface area contributed by atoms with Crippen molar-refractivity contribution in [1.82, 2.24) is 5.32 Å². The van der Waals surface area contributed by atoms with Crippen LogP contribution in [-0.4, -0.2) is 11.8 Å². The Labute approximate surface area is 127 Å². The molecule has 0 aliphatic carbocycles. The van der Waals surface area contributed by atoms with Gasteiger partial charge < -0.3 is 5.32 Å². The first-order valence-corrected chi connectivity index (χ1v) is 7.28. The molecule has 0 amide bonds. The third-order valence-corrected chi connectivity index (χ3v) is 4.14. The van der Waals surface area contributed by atoms with Crippen LogP contribution in [0.5, 0.6) is 0 Å². The Morgan fingerprint density at radius 1 is 1.24 bits per heavy atom. The fourth-order valence-corrected chi connectivity index (χ4v) is 2.77. The van der Waals surface area contributed by atoms with Crippen molar-refractivity contribution in [3.8, 4) is 0 Å². The largest absolute Gasteiger partial charge is 0.303 e. The lowest BCUT2D eigenvalue weighted by atomic mass is 9.91. The Balaban J connectivity index is 1.70. The van der Waals surface area contributed by atoms with Crippen molar-refractivity contribution in [2.45, 2.75) is 25.4 Å². The van der Waals surface area contributed by atoms with Crippen LogP contribution in [-0.2, 0) is 24.2 Å². The van der Waals surface area contributed by atoms with Gasteiger partial charge in [0.2, 0.25) is 0 Å². The number of ketones is 1. The van der Waals surface area contributed by atoms with E-state index in [1.807, 2.05) is 12.1 Å². The van der Waals surface area contributed by atoms with E-state index in [9.17, 15) is 9.18 Å². The maximum absolute atomic E-state index is 13.4. The molecule has 1 aliphatic heterocycles. The zero-order chi connectivity index (χ0) is 14.8. The molecule has 2 nitrogen and oxygen atoms in total. The van der Waals surface area contributed by atoms with E-state index < -0.39 is 5.82 Å². The van der Waals surface area contributed by atoms with Crippen molar-refractivity contribution >= 4 is 17.4 Å². The van der Waals surface area contributed by atoms with Crippen LogP contribution < -0.4 is 5.32 Å². The summed E-state index contributed by atoms with van der Waals surface area (Å²) in [5.74, 6) is -0.407. The summed E-state index contributed by atoms with van der Waals surface area (Å²) in [5, 5.41) is 3.33. The van der Waals surface area contributed by atoms with Crippen molar-refractivity contribution in [3.63, 3.8) is 0 Å². The van der Waals surface area contributed by atoms with Gasteiger partial charge in [-0.25, -0.2) is 4.39 Å². The van der Waals surface area contributed by atoms with E-state index >= 15 is 0 Å². The smallest absolute Gasteiger partial charge is 0.154 e. The SMILES string of the molecule is O=C(Cc1ccc(Cl)c(F)c1)C1Cc2ccccc2CN1. The molecule has 4 heteroatoms. The van der Waals surface area contributed by atoms with Crippen LogP contribution in [0.1, 0.15) is 16.7 Å². The number of fused-ring (bicyclic) bond motifs is 1. The normalized spacial score (nSPS) is 17.3. The lowest BCUT2D eigenvalue weighted by Crippen LogP contribution is -2.42. The van der Waals surface area contributed by atoms with Crippen LogP contribution in [0, 0.1) is 5.82 Å². The zero-order valence-corrected chi connectivity index (χ0v) is 12.2. The Kier molecular flexibility index (Phi) is 4.04. The summed E-state index contributed by atoms with van der Waals surface area (Å²) in [6, 6.07) is 12.4. The third-order valence-electron chi connectivity index (χ3n) is 3.83. The molecule has 1 aliphatic rings. The van der Waals surface area contributed by atoms with Gasteiger partial charge in [0.1, 0.15) is 5.82 Å². The number of carbonyl (C=O) groups is 1. The second-order valence-electron chi connectivity index (χ2n) is 5.30. The van der Waals surface area contributed by atoms with Gasteiger partial charge in [0, 0.05) is 13.0 Å². The summed E-state index contributed by atoms with van der Waals surface area (Å²) < 4.78 is 13.4. The summed E-state index contributed by atoms with van der Waals surface area (Å²) in [5.41, 5.74) is 3.10. The molecule has 1 unspecified atom stereocenters. The second kappa shape index (κ2) is 5.96. The molecule has 0 spiro atoms. The van der Waals surface area contributed by atoms with Gasteiger partial charge in [0.15, 0.2) is 5.78 Å². The second-order valence-corrected chi connectivity index (χ2v) is 5.71. The molecule has 3 rings (SSSR count). The highest BCUT2D eigenvalue weighted by molar-refractivity contribution is 6.30. The van der Waals surface area contributed by atoms with Crippen molar-refractivity contribution < 1.29 is 9.18 Å². The minimum atomic E-state index is -0.482. The fraction of sp³-hybridized carbons (Fsp3) is 0.235. The summed E-state index contributed by atoms with van der Waals surface area (Å²) >= 11 is 5.65. The van der Waals surface area contributed by atoms with Crippen LogP contribution in [0.3, 0.4) is 0 Å². The van der Waals surface area contributed by atoms with Crippen molar-refractivity contribution in [2.75, 3.05) is 0 Å². The van der Waals surface area contributed by atoms with Gasteiger partial charge in [-0.1, -0.05) is 41.9 Å². The van der Waals surface area contributed by atoms with Crippen LogP contribution in [0.25, 0.3) is 0 Å². The highest BCUT2D eigenvalue weighted by atomic mass is 35.5. The molecule has 0 aromatic heterocycles. The van der Waals surface area contributed by atoms with Crippen LogP contribution in [0.4, 0.5) is 4.39 Å². The number of Topliss-reactive ketones (excluding diaryl/α,β-unsaturated/α-hetero) is 1. The molecule has 1 N–H and O–H groups in total. The number of nitrogens with one attached hydrogen (secondary N) is 1. The average molecular weight is 304 g/mol. The van der Waals surface area contributed by atoms with Crippen molar-refractivity contribution in [2.24, 2.45) is 0 Å². The van der Waals surface area contributed by atoms with E-state index in [1.54, 1.807) is 6.07 Å². The Morgan fingerprint density at radius 2 is 2.00 bits per heavy atom. The predicted octanol–water partition coefficient (Wildman–Crippen LogP) is 3.31. The lowest BCUT2D eigenvalue weighted by Gasteiger charge is -2.25. The third kappa shape index (κ3) is 3.14. The Bertz CT molecular complexity index is 686. The lowest BCUT2D eigenvalue weighted by molar-refractivity contribution is -0.120. The van der Waals surface area contributed by atoms with Gasteiger partial charge in [-0.3, -0.25) is 4.79 Å². The van der Waals surface area contributed by atoms with Gasteiger partial charge in [-0.05, 0) is 35.2 Å². The van der Waals surface area contributed by atoms with E-state index in [0.717, 1.165) is 0 Å². The summed E-state index contributed by atoms with van der Waals surface area (Å²) in [6.45, 7) is 0.696. The molecule has 0 saturated heterocycles. The predicted molar refractivity (Wildman–Crippen MR) is 80.9 cm³/mol. The van der Waals surface area contributed by atoms with E-state index in [2.05, 4.69) is 17.4 Å². The van der Waals surface area contributed by atoms with Crippen molar-refractivity contribution in [3.05, 3.63) is 70.0 Å². The van der Waals surface area contributed by atoms with Gasteiger partial charge in [0.05, 0.1) is 11.1 Å². The quantitative estimate of drug-likeness (QED) is 0.942. The molecule has 2 aromatic carbocycles. The van der Waals surface area contributed by atoms with Crippen LogP contribution in [0.15, 0.2) is 42.5 Å². The minimum absolute atomic E-state index is 0.0752. The summed E-state index contributed by atoms with van der Waals surface area (Å²) in [7, 11) is 0. The van der Waals surface area contributed by atoms with Gasteiger partial charge in [0.25, 0.3) is 0 Å². The zero-order valence-electron chi connectivity index (χ0n) is 11.4. The Hall–Kier alpha value is -1.71. The van der Waals surface area contributed by atoms with Gasteiger partial charge in [-0.2, -0.15) is 0 Å². The molecular weight excluding hydrogens is 289 g/mol. The number of hydrogen-bond donors (Lipinski definition) is 1. The topological polar surface area (TPSA) is 29.1 Å². The molecule has 0 saturated carbocycles. The van der Waals surface area contributed by atoms with E-state index in [0.29, 0.717) is 18.5 Å². The first-order valence-electron chi connectivity index (χ1n) is 6.90. The minimum Gasteiger partial charge on any atom is -0.303 e. The van der Waals surface area contributed by atoms with E-state index in [1.165, 1.54) is 23.3 Å². The van der Waals surface area contributed by atoms with Crippen LogP contribution in [0.2, 0.25) is 5.02 Å².